The van der Waals surface area contributed by atoms with Crippen molar-refractivity contribution in [2.75, 3.05) is 32.7 Å². The average molecular weight is 349 g/mol. The van der Waals surface area contributed by atoms with Gasteiger partial charge in [0.25, 0.3) is 0 Å². The molecule has 0 bridgehead atoms. The fourth-order valence-electron chi connectivity index (χ4n) is 1.53. The van der Waals surface area contributed by atoms with Gasteiger partial charge in [-0.15, -0.1) is 0 Å². The van der Waals surface area contributed by atoms with E-state index in [-0.39, 0.29) is 25.8 Å². The minimum atomic E-state index is -4.59. The summed E-state index contributed by atoms with van der Waals surface area (Å²) >= 11 is 0. The summed E-state index contributed by atoms with van der Waals surface area (Å²) in [5, 5.41) is 0. The van der Waals surface area contributed by atoms with Crippen LogP contribution in [0.3, 0.4) is 0 Å². The molecule has 0 aromatic carbocycles. The second-order valence-corrected chi connectivity index (χ2v) is 7.85. The Balaban J connectivity index is 4.48. The summed E-state index contributed by atoms with van der Waals surface area (Å²) in [4.78, 5) is 17.0. The van der Waals surface area contributed by atoms with Gasteiger partial charge in [0.2, 0.25) is 10.0 Å². The molecule has 11 heteroatoms. The van der Waals surface area contributed by atoms with Gasteiger partial charge in [0, 0.05) is 13.1 Å². The number of hydrogen-bond acceptors (Lipinski definition) is 6. The number of likely N-dealkylation sites (N-methyl/N-ethyl adjacent to an activating group) is 1. The minimum Gasteiger partial charge on any atom is -0.372 e. The van der Waals surface area contributed by atoms with E-state index >= 15 is 0 Å². The number of phosphoric ester groups is 1. The Labute approximate surface area is 125 Å². The number of hydrogen-bond donors (Lipinski definition) is 2. The van der Waals surface area contributed by atoms with Crippen LogP contribution in [0.2, 0.25) is 0 Å². The summed E-state index contributed by atoms with van der Waals surface area (Å²) < 4.78 is 49.4. The molecule has 9 nitrogen and oxygen atoms in total. The van der Waals surface area contributed by atoms with Crippen molar-refractivity contribution in [2.45, 2.75) is 33.0 Å². The van der Waals surface area contributed by atoms with E-state index in [9.17, 15) is 13.0 Å². The molecule has 0 aromatic rings. The second-order valence-electron chi connectivity index (χ2n) is 4.63. The van der Waals surface area contributed by atoms with Crippen LogP contribution >= 0.6 is 7.82 Å². The molecule has 0 fully saturated rings. The van der Waals surface area contributed by atoms with E-state index in [1.807, 2.05) is 0 Å². The number of rotatable bonds is 11. The Morgan fingerprint density at radius 1 is 1.29 bits per heavy atom. The maximum atomic E-state index is 11.5. The molecule has 21 heavy (non-hydrogen) atoms. The molecule has 0 aliphatic heterocycles. The molecule has 0 saturated heterocycles. The highest BCUT2D eigenvalue weighted by molar-refractivity contribution is 7.88. The molecule has 0 aliphatic rings. The predicted octanol–water partition coefficient (Wildman–Crippen LogP) is 0.145. The lowest BCUT2D eigenvalue weighted by Gasteiger charge is -2.26. The smallest absolute Gasteiger partial charge is 0.372 e. The lowest BCUT2D eigenvalue weighted by atomic mass is 10.3. The Kier molecular flexibility index (Phi) is 9.14. The van der Waals surface area contributed by atoms with Gasteiger partial charge >= 0.3 is 7.82 Å². The summed E-state index contributed by atoms with van der Waals surface area (Å²) in [6.07, 6.45) is 0.375. The van der Waals surface area contributed by atoms with Crippen molar-refractivity contribution in [1.82, 2.24) is 4.31 Å². The maximum absolute atomic E-state index is 11.5. The second kappa shape index (κ2) is 9.16. The highest BCUT2D eigenvalue weighted by Gasteiger charge is 2.22. The average Bonchev–Trinajstić information content (AvgIpc) is 2.27. The van der Waals surface area contributed by atoms with E-state index in [1.54, 1.807) is 20.8 Å². The standard InChI is InChI=1S/C10H24NO8PS/c1-5-11(21(4,15)16)6-10(19-9(2)3)7-17-8-18-20(12,13)14/h9-10H,5-8H2,1-4H3,(H2,12,13,14)/t10-/m0/s1. The molecule has 0 unspecified atom stereocenters. The monoisotopic (exact) mass is 349 g/mol. The van der Waals surface area contributed by atoms with Crippen LogP contribution in [0.1, 0.15) is 20.8 Å². The van der Waals surface area contributed by atoms with Gasteiger partial charge in [-0.2, -0.15) is 4.31 Å². The first-order valence-corrected chi connectivity index (χ1v) is 9.72. The van der Waals surface area contributed by atoms with Crippen molar-refractivity contribution in [3.05, 3.63) is 0 Å². The van der Waals surface area contributed by atoms with Crippen LogP contribution in [-0.2, 0) is 28.6 Å². The SMILES string of the molecule is CCN(C[C@@H](COCOP(=O)(O)O)OC(C)C)S(C)(=O)=O. The molecule has 0 aliphatic carbocycles. The van der Waals surface area contributed by atoms with Crippen LogP contribution < -0.4 is 0 Å². The normalized spacial score (nSPS) is 14.9. The van der Waals surface area contributed by atoms with Crippen LogP contribution in [0, 0.1) is 0 Å². The first kappa shape index (κ1) is 20.9. The largest absolute Gasteiger partial charge is 0.471 e. The molecule has 0 amide bonds. The molecule has 0 heterocycles. The van der Waals surface area contributed by atoms with E-state index in [2.05, 4.69) is 4.52 Å². The molecule has 0 saturated carbocycles. The summed E-state index contributed by atoms with van der Waals surface area (Å²) in [6, 6.07) is 0. The van der Waals surface area contributed by atoms with Gasteiger partial charge in [-0.05, 0) is 13.8 Å². The van der Waals surface area contributed by atoms with Crippen LogP contribution in [-0.4, -0.2) is 67.5 Å². The van der Waals surface area contributed by atoms with E-state index in [4.69, 9.17) is 19.3 Å². The van der Waals surface area contributed by atoms with Crippen molar-refractivity contribution in [3.8, 4) is 0 Å². The van der Waals surface area contributed by atoms with Crippen LogP contribution in [0.4, 0.5) is 0 Å². The third-order valence-electron chi connectivity index (χ3n) is 2.30. The van der Waals surface area contributed by atoms with Gasteiger partial charge < -0.3 is 19.3 Å². The molecule has 0 aromatic heterocycles. The van der Waals surface area contributed by atoms with Gasteiger partial charge in [-0.1, -0.05) is 6.92 Å². The van der Waals surface area contributed by atoms with E-state index in [0.29, 0.717) is 0 Å². The van der Waals surface area contributed by atoms with Crippen molar-refractivity contribution in [1.29, 1.82) is 0 Å². The van der Waals surface area contributed by atoms with Gasteiger partial charge in [0.15, 0.2) is 6.79 Å². The van der Waals surface area contributed by atoms with E-state index in [0.717, 1.165) is 6.26 Å². The van der Waals surface area contributed by atoms with Gasteiger partial charge in [-0.25, -0.2) is 13.0 Å². The summed E-state index contributed by atoms with van der Waals surface area (Å²) in [6.45, 7) is 4.99. The third kappa shape index (κ3) is 11.2. The topological polar surface area (TPSA) is 123 Å². The van der Waals surface area contributed by atoms with Gasteiger partial charge in [-0.3, -0.25) is 4.52 Å². The third-order valence-corrected chi connectivity index (χ3v) is 4.09. The minimum absolute atomic E-state index is 0.0514. The number of ether oxygens (including phenoxy) is 2. The Hall–Kier alpha value is -0.0600. The number of nitrogens with zero attached hydrogens (tertiary/aromatic N) is 1. The van der Waals surface area contributed by atoms with E-state index < -0.39 is 30.7 Å². The Bertz CT molecular complexity index is 434. The summed E-state index contributed by atoms with van der Waals surface area (Å²) in [7, 11) is -7.94. The Morgan fingerprint density at radius 2 is 1.86 bits per heavy atom. The molecular formula is C10H24NO8PS. The van der Waals surface area contributed by atoms with Crippen LogP contribution in [0.15, 0.2) is 0 Å². The zero-order valence-corrected chi connectivity index (χ0v) is 14.3. The summed E-state index contributed by atoms with van der Waals surface area (Å²) in [5.41, 5.74) is 0. The number of sulfonamides is 1. The molecule has 128 valence electrons. The fourth-order valence-corrected chi connectivity index (χ4v) is 2.65. The zero-order chi connectivity index (χ0) is 16.7. The Morgan fingerprint density at radius 3 is 2.24 bits per heavy atom. The van der Waals surface area contributed by atoms with Crippen molar-refractivity contribution in [2.24, 2.45) is 0 Å². The molecule has 2 N–H and O–H groups in total. The molecule has 0 rings (SSSR count). The van der Waals surface area contributed by atoms with Crippen molar-refractivity contribution >= 4 is 17.8 Å². The van der Waals surface area contributed by atoms with Gasteiger partial charge in [0.05, 0.1) is 25.1 Å². The highest BCUT2D eigenvalue weighted by Crippen LogP contribution is 2.35. The molecule has 0 radical (unpaired) electrons. The first-order valence-electron chi connectivity index (χ1n) is 6.34. The highest BCUT2D eigenvalue weighted by atomic mass is 32.2. The first-order chi connectivity index (χ1) is 9.45. The maximum Gasteiger partial charge on any atom is 0.471 e. The molecule has 0 spiro atoms. The number of phosphoric acid groups is 1. The molecular weight excluding hydrogens is 325 g/mol. The zero-order valence-electron chi connectivity index (χ0n) is 12.6. The predicted molar refractivity (Wildman–Crippen MR) is 76.0 cm³/mol. The lowest BCUT2D eigenvalue weighted by Crippen LogP contribution is -2.40. The van der Waals surface area contributed by atoms with Crippen LogP contribution in [0.5, 0.6) is 0 Å². The summed E-state index contributed by atoms with van der Waals surface area (Å²) in [5.74, 6) is 0. The van der Waals surface area contributed by atoms with E-state index in [1.165, 1.54) is 4.31 Å². The van der Waals surface area contributed by atoms with Crippen molar-refractivity contribution in [3.63, 3.8) is 0 Å². The van der Waals surface area contributed by atoms with Crippen LogP contribution in [0.25, 0.3) is 0 Å². The molecule has 1 atom stereocenters. The quantitative estimate of drug-likeness (QED) is 0.307. The lowest BCUT2D eigenvalue weighted by molar-refractivity contribution is -0.0817. The van der Waals surface area contributed by atoms with Crippen molar-refractivity contribution < 1.29 is 36.8 Å². The fraction of sp³-hybridized carbons (Fsp3) is 1.00. The van der Waals surface area contributed by atoms with Gasteiger partial charge in [0.1, 0.15) is 0 Å².